The van der Waals surface area contributed by atoms with E-state index < -0.39 is 0 Å². The Morgan fingerprint density at radius 1 is 1.52 bits per heavy atom. The van der Waals surface area contributed by atoms with Crippen molar-refractivity contribution in [3.8, 4) is 0 Å². The largest absolute Gasteiger partial charge is 0.382 e. The molecule has 2 aliphatic rings. The number of aliphatic imine (C=N–C) groups is 2. The SMILES string of the molecule is CCN=C1C(N)=NC2(C)CCC=CC2C1=C(C)CC(C)C. The summed E-state index contributed by atoms with van der Waals surface area (Å²) in [7, 11) is 0. The zero-order chi connectivity index (χ0) is 15.6. The van der Waals surface area contributed by atoms with Crippen LogP contribution in [0.15, 0.2) is 33.3 Å². The van der Waals surface area contributed by atoms with Gasteiger partial charge in [-0.05, 0) is 51.5 Å². The summed E-state index contributed by atoms with van der Waals surface area (Å²) in [5.74, 6) is 1.59. The molecule has 1 aliphatic carbocycles. The Labute approximate surface area is 129 Å². The van der Waals surface area contributed by atoms with Crippen molar-refractivity contribution in [2.24, 2.45) is 27.6 Å². The minimum absolute atomic E-state index is 0.0980. The Bertz CT molecular complexity index is 523. The van der Waals surface area contributed by atoms with Crippen LogP contribution in [0.3, 0.4) is 0 Å². The van der Waals surface area contributed by atoms with Crippen LogP contribution in [-0.2, 0) is 0 Å². The number of hydrogen-bond acceptors (Lipinski definition) is 3. The van der Waals surface area contributed by atoms with Gasteiger partial charge in [-0.2, -0.15) is 0 Å². The standard InChI is InChI=1S/C18H29N3/c1-6-20-16-15(13(4)11-12(2)3)14-9-7-8-10-18(14,5)21-17(16)19/h7,9,12,14H,6,8,10-11H2,1-5H3,(H2,19,21). The van der Waals surface area contributed by atoms with E-state index in [4.69, 9.17) is 10.7 Å². The van der Waals surface area contributed by atoms with Crippen LogP contribution in [0.2, 0.25) is 0 Å². The summed E-state index contributed by atoms with van der Waals surface area (Å²) in [5, 5.41) is 0. The second-order valence-electron chi connectivity index (χ2n) is 6.91. The number of nitrogens with zero attached hydrogens (tertiary/aromatic N) is 2. The van der Waals surface area contributed by atoms with E-state index in [0.29, 0.717) is 17.7 Å². The van der Waals surface area contributed by atoms with Crippen molar-refractivity contribution in [2.45, 2.75) is 59.4 Å². The number of rotatable bonds is 3. The predicted molar refractivity (Wildman–Crippen MR) is 92.0 cm³/mol. The second kappa shape index (κ2) is 6.17. The highest BCUT2D eigenvalue weighted by molar-refractivity contribution is 6.48. The van der Waals surface area contributed by atoms with E-state index in [1.807, 2.05) is 0 Å². The Hall–Kier alpha value is -1.38. The van der Waals surface area contributed by atoms with Crippen LogP contribution >= 0.6 is 0 Å². The Morgan fingerprint density at radius 2 is 2.24 bits per heavy atom. The molecule has 1 aliphatic heterocycles. The summed E-state index contributed by atoms with van der Waals surface area (Å²) in [6, 6.07) is 0. The van der Waals surface area contributed by atoms with Gasteiger partial charge in [0.25, 0.3) is 0 Å². The number of allylic oxidation sites excluding steroid dienone is 2. The molecular formula is C18H29N3. The smallest absolute Gasteiger partial charge is 0.145 e. The third kappa shape index (κ3) is 3.12. The first kappa shape index (κ1) is 16.0. The maximum absolute atomic E-state index is 6.28. The average molecular weight is 287 g/mol. The summed E-state index contributed by atoms with van der Waals surface area (Å²) in [6.45, 7) is 11.8. The van der Waals surface area contributed by atoms with Gasteiger partial charge in [0.2, 0.25) is 0 Å². The fourth-order valence-electron chi connectivity index (χ4n) is 3.63. The monoisotopic (exact) mass is 287 g/mol. The van der Waals surface area contributed by atoms with Crippen LogP contribution in [-0.4, -0.2) is 23.6 Å². The van der Waals surface area contributed by atoms with Gasteiger partial charge in [0.15, 0.2) is 0 Å². The fraction of sp³-hybridized carbons (Fsp3) is 0.667. The molecule has 1 heterocycles. The normalized spacial score (nSPS) is 33.1. The zero-order valence-corrected chi connectivity index (χ0v) is 14.1. The zero-order valence-electron chi connectivity index (χ0n) is 14.1. The molecule has 0 aromatic carbocycles. The van der Waals surface area contributed by atoms with Crippen molar-refractivity contribution in [3.63, 3.8) is 0 Å². The molecule has 2 rings (SSSR count). The van der Waals surface area contributed by atoms with E-state index in [-0.39, 0.29) is 5.54 Å². The van der Waals surface area contributed by atoms with Gasteiger partial charge in [0.05, 0.1) is 5.54 Å². The van der Waals surface area contributed by atoms with E-state index in [9.17, 15) is 0 Å². The molecule has 21 heavy (non-hydrogen) atoms. The molecule has 0 radical (unpaired) electrons. The highest BCUT2D eigenvalue weighted by Crippen LogP contribution is 2.42. The van der Waals surface area contributed by atoms with Gasteiger partial charge >= 0.3 is 0 Å². The molecule has 0 amide bonds. The summed E-state index contributed by atoms with van der Waals surface area (Å²) in [6.07, 6.45) is 7.85. The van der Waals surface area contributed by atoms with Crippen LogP contribution in [0.1, 0.15) is 53.9 Å². The molecule has 3 heteroatoms. The minimum atomic E-state index is -0.0980. The van der Waals surface area contributed by atoms with Gasteiger partial charge < -0.3 is 5.73 Å². The summed E-state index contributed by atoms with van der Waals surface area (Å²) in [5.41, 5.74) is 9.86. The van der Waals surface area contributed by atoms with Crippen LogP contribution in [0.25, 0.3) is 0 Å². The lowest BCUT2D eigenvalue weighted by Gasteiger charge is -2.41. The molecule has 2 atom stereocenters. The third-order valence-electron chi connectivity index (χ3n) is 4.49. The predicted octanol–water partition coefficient (Wildman–Crippen LogP) is 3.91. The van der Waals surface area contributed by atoms with Crippen molar-refractivity contribution in [2.75, 3.05) is 6.54 Å². The molecule has 116 valence electrons. The van der Waals surface area contributed by atoms with Crippen molar-refractivity contribution >= 4 is 11.5 Å². The van der Waals surface area contributed by atoms with E-state index in [2.05, 4.69) is 51.8 Å². The van der Waals surface area contributed by atoms with Gasteiger partial charge in [0.1, 0.15) is 11.5 Å². The number of fused-ring (bicyclic) bond motifs is 1. The second-order valence-corrected chi connectivity index (χ2v) is 6.91. The maximum atomic E-state index is 6.28. The van der Waals surface area contributed by atoms with Crippen LogP contribution < -0.4 is 5.73 Å². The molecule has 2 N–H and O–H groups in total. The van der Waals surface area contributed by atoms with E-state index >= 15 is 0 Å². The molecule has 0 aromatic rings. The lowest BCUT2D eigenvalue weighted by Crippen LogP contribution is -2.47. The van der Waals surface area contributed by atoms with Crippen molar-refractivity contribution < 1.29 is 0 Å². The average Bonchev–Trinajstić information content (AvgIpc) is 2.38. The van der Waals surface area contributed by atoms with Crippen molar-refractivity contribution in [1.29, 1.82) is 0 Å². The third-order valence-corrected chi connectivity index (χ3v) is 4.49. The summed E-state index contributed by atoms with van der Waals surface area (Å²) in [4.78, 5) is 9.49. The van der Waals surface area contributed by atoms with Crippen LogP contribution in [0, 0.1) is 11.8 Å². The minimum Gasteiger partial charge on any atom is -0.382 e. The van der Waals surface area contributed by atoms with Crippen LogP contribution in [0.5, 0.6) is 0 Å². The molecule has 0 fully saturated rings. The number of hydrogen-bond donors (Lipinski definition) is 1. The molecule has 2 unspecified atom stereocenters. The van der Waals surface area contributed by atoms with Crippen LogP contribution in [0.4, 0.5) is 0 Å². The molecule has 0 saturated carbocycles. The first-order valence-corrected chi connectivity index (χ1v) is 8.16. The number of nitrogens with two attached hydrogens (primary N) is 1. The first-order chi connectivity index (χ1) is 9.89. The first-order valence-electron chi connectivity index (χ1n) is 8.16. The highest BCUT2D eigenvalue weighted by Gasteiger charge is 2.42. The van der Waals surface area contributed by atoms with E-state index in [0.717, 1.165) is 31.5 Å². The molecule has 0 aromatic heterocycles. The van der Waals surface area contributed by atoms with Gasteiger partial charge in [-0.15, -0.1) is 0 Å². The van der Waals surface area contributed by atoms with Gasteiger partial charge in [0, 0.05) is 12.5 Å². The molecule has 0 saturated heterocycles. The molecule has 0 spiro atoms. The van der Waals surface area contributed by atoms with Crippen molar-refractivity contribution in [1.82, 2.24) is 0 Å². The highest BCUT2D eigenvalue weighted by atomic mass is 15.0. The molecular weight excluding hydrogens is 258 g/mol. The van der Waals surface area contributed by atoms with E-state index in [1.54, 1.807) is 0 Å². The van der Waals surface area contributed by atoms with Crippen molar-refractivity contribution in [3.05, 3.63) is 23.3 Å². The Kier molecular flexibility index (Phi) is 4.70. The molecule has 3 nitrogen and oxygen atoms in total. The molecule has 0 bridgehead atoms. The lowest BCUT2D eigenvalue weighted by atomic mass is 9.69. The van der Waals surface area contributed by atoms with Gasteiger partial charge in [-0.1, -0.05) is 31.6 Å². The van der Waals surface area contributed by atoms with Gasteiger partial charge in [-0.25, -0.2) is 0 Å². The van der Waals surface area contributed by atoms with E-state index in [1.165, 1.54) is 11.1 Å². The summed E-state index contributed by atoms with van der Waals surface area (Å²) < 4.78 is 0. The Morgan fingerprint density at radius 3 is 2.86 bits per heavy atom. The fourth-order valence-corrected chi connectivity index (χ4v) is 3.63. The topological polar surface area (TPSA) is 50.7 Å². The Balaban J connectivity index is 2.60. The number of amidine groups is 1. The quantitative estimate of drug-likeness (QED) is 0.786. The maximum Gasteiger partial charge on any atom is 0.145 e. The van der Waals surface area contributed by atoms with Gasteiger partial charge in [-0.3, -0.25) is 9.98 Å². The summed E-state index contributed by atoms with van der Waals surface area (Å²) >= 11 is 0. The lowest BCUT2D eigenvalue weighted by molar-refractivity contribution is 0.351.